The van der Waals surface area contributed by atoms with Gasteiger partial charge >= 0.3 is 0 Å². The fraction of sp³-hybridized carbons (Fsp3) is 0.350. The summed E-state index contributed by atoms with van der Waals surface area (Å²) in [7, 11) is 0. The van der Waals surface area contributed by atoms with Crippen LogP contribution < -0.4 is 16.0 Å². The maximum absolute atomic E-state index is 12.6. The van der Waals surface area contributed by atoms with Crippen molar-refractivity contribution in [3.8, 4) is 0 Å². The molecule has 2 aromatic carbocycles. The van der Waals surface area contributed by atoms with Crippen LogP contribution in [0.2, 0.25) is 0 Å². The van der Waals surface area contributed by atoms with Crippen LogP contribution in [0.3, 0.4) is 0 Å². The molecule has 0 aliphatic carbocycles. The lowest BCUT2D eigenvalue weighted by atomic mass is 10.0. The van der Waals surface area contributed by atoms with Crippen LogP contribution in [0.1, 0.15) is 42.1 Å². The van der Waals surface area contributed by atoms with Crippen molar-refractivity contribution in [1.82, 2.24) is 0 Å². The first-order valence-corrected chi connectivity index (χ1v) is 8.59. The topological polar surface area (TPSA) is 58.4 Å². The number of anilines is 3. The van der Waals surface area contributed by atoms with Gasteiger partial charge in [-0.1, -0.05) is 17.7 Å². The van der Waals surface area contributed by atoms with Crippen LogP contribution in [0, 0.1) is 6.92 Å². The van der Waals surface area contributed by atoms with Gasteiger partial charge in [0.25, 0.3) is 5.91 Å². The number of hydrogen-bond acceptors (Lipinski definition) is 3. The minimum atomic E-state index is -0.102. The van der Waals surface area contributed by atoms with Crippen molar-refractivity contribution < 1.29 is 4.79 Å². The van der Waals surface area contributed by atoms with Gasteiger partial charge in [0.05, 0.1) is 11.4 Å². The molecule has 0 radical (unpaired) electrons. The van der Waals surface area contributed by atoms with Gasteiger partial charge in [0, 0.05) is 23.8 Å². The molecule has 0 saturated carbocycles. The highest BCUT2D eigenvalue weighted by Gasteiger charge is 2.22. The van der Waals surface area contributed by atoms with Gasteiger partial charge in [-0.05, 0) is 63.4 Å². The molecule has 1 aliphatic heterocycles. The van der Waals surface area contributed by atoms with E-state index in [9.17, 15) is 4.79 Å². The third-order valence-electron chi connectivity index (χ3n) is 4.66. The molecule has 3 rings (SSSR count). The van der Waals surface area contributed by atoms with E-state index in [-0.39, 0.29) is 5.91 Å². The number of aryl methyl sites for hydroxylation is 1. The van der Waals surface area contributed by atoms with Crippen LogP contribution in [0.15, 0.2) is 42.5 Å². The summed E-state index contributed by atoms with van der Waals surface area (Å²) in [4.78, 5) is 15.0. The first-order chi connectivity index (χ1) is 11.5. The number of nitrogens with two attached hydrogens (primary N) is 1. The third kappa shape index (κ3) is 3.53. The summed E-state index contributed by atoms with van der Waals surface area (Å²) < 4.78 is 0. The van der Waals surface area contributed by atoms with E-state index in [0.717, 1.165) is 23.5 Å². The van der Waals surface area contributed by atoms with Crippen LogP contribution in [-0.4, -0.2) is 18.5 Å². The Morgan fingerprint density at radius 3 is 2.79 bits per heavy atom. The zero-order valence-corrected chi connectivity index (χ0v) is 14.4. The second-order valence-corrected chi connectivity index (χ2v) is 6.64. The first-order valence-electron chi connectivity index (χ1n) is 8.59. The highest BCUT2D eigenvalue weighted by Crippen LogP contribution is 2.33. The average Bonchev–Trinajstić information content (AvgIpc) is 2.56. The SMILES string of the molecule is Cc1cccc(C(=O)Nc2cc(N)ccc2N2CCCC[C@H]2C)c1. The van der Waals surface area contributed by atoms with Crippen molar-refractivity contribution in [3.05, 3.63) is 53.6 Å². The molecule has 0 bridgehead atoms. The number of rotatable bonds is 3. The molecule has 4 nitrogen and oxygen atoms in total. The molecule has 1 heterocycles. The average molecular weight is 323 g/mol. The fourth-order valence-corrected chi connectivity index (χ4v) is 3.34. The zero-order chi connectivity index (χ0) is 17.1. The van der Waals surface area contributed by atoms with Gasteiger partial charge in [-0.2, -0.15) is 0 Å². The third-order valence-corrected chi connectivity index (χ3v) is 4.66. The van der Waals surface area contributed by atoms with E-state index in [2.05, 4.69) is 17.1 Å². The fourth-order valence-electron chi connectivity index (χ4n) is 3.34. The van der Waals surface area contributed by atoms with Crippen LogP contribution >= 0.6 is 0 Å². The molecule has 0 aromatic heterocycles. The van der Waals surface area contributed by atoms with Crippen LogP contribution in [-0.2, 0) is 0 Å². The Bertz CT molecular complexity index is 741. The molecule has 24 heavy (non-hydrogen) atoms. The largest absolute Gasteiger partial charge is 0.399 e. The van der Waals surface area contributed by atoms with Gasteiger partial charge in [0.1, 0.15) is 0 Å². The number of nitrogen functional groups attached to an aromatic ring is 1. The molecule has 0 unspecified atom stereocenters. The monoisotopic (exact) mass is 323 g/mol. The number of amides is 1. The maximum atomic E-state index is 12.6. The number of benzene rings is 2. The molecule has 4 heteroatoms. The number of nitrogens with one attached hydrogen (secondary N) is 1. The second-order valence-electron chi connectivity index (χ2n) is 6.64. The predicted octanol–water partition coefficient (Wildman–Crippen LogP) is 4.21. The summed E-state index contributed by atoms with van der Waals surface area (Å²) in [6.07, 6.45) is 3.62. The van der Waals surface area contributed by atoms with Gasteiger partial charge in [0.15, 0.2) is 0 Å². The summed E-state index contributed by atoms with van der Waals surface area (Å²) in [6, 6.07) is 13.8. The maximum Gasteiger partial charge on any atom is 0.255 e. The van der Waals surface area contributed by atoms with Gasteiger partial charge in [0.2, 0.25) is 0 Å². The van der Waals surface area contributed by atoms with Gasteiger partial charge in [-0.3, -0.25) is 4.79 Å². The number of nitrogens with zero attached hydrogens (tertiary/aromatic N) is 1. The number of piperidine rings is 1. The zero-order valence-electron chi connectivity index (χ0n) is 14.4. The van der Waals surface area contributed by atoms with Crippen molar-refractivity contribution in [1.29, 1.82) is 0 Å². The number of hydrogen-bond donors (Lipinski definition) is 2. The molecule has 0 spiro atoms. The predicted molar refractivity (Wildman–Crippen MR) is 101 cm³/mol. The van der Waals surface area contributed by atoms with E-state index in [1.54, 1.807) is 0 Å². The number of carbonyl (C=O) groups excluding carboxylic acids is 1. The van der Waals surface area contributed by atoms with Crippen molar-refractivity contribution in [2.75, 3.05) is 22.5 Å². The molecule has 2 aromatic rings. The van der Waals surface area contributed by atoms with E-state index >= 15 is 0 Å². The van der Waals surface area contributed by atoms with E-state index in [0.29, 0.717) is 17.3 Å². The van der Waals surface area contributed by atoms with E-state index in [1.807, 2.05) is 49.4 Å². The van der Waals surface area contributed by atoms with Crippen LogP contribution in [0.4, 0.5) is 17.1 Å². The lowest BCUT2D eigenvalue weighted by Gasteiger charge is -2.36. The minimum Gasteiger partial charge on any atom is -0.399 e. The minimum absolute atomic E-state index is 0.102. The molecule has 1 fully saturated rings. The van der Waals surface area contributed by atoms with Crippen LogP contribution in [0.5, 0.6) is 0 Å². The van der Waals surface area contributed by atoms with Crippen molar-refractivity contribution in [2.24, 2.45) is 0 Å². The van der Waals surface area contributed by atoms with Crippen molar-refractivity contribution in [3.63, 3.8) is 0 Å². The summed E-state index contributed by atoms with van der Waals surface area (Å²) in [5.74, 6) is -0.102. The summed E-state index contributed by atoms with van der Waals surface area (Å²) in [5.41, 5.74) is 10.2. The second kappa shape index (κ2) is 6.95. The highest BCUT2D eigenvalue weighted by atomic mass is 16.1. The molecule has 1 aliphatic rings. The van der Waals surface area contributed by atoms with Gasteiger partial charge < -0.3 is 16.0 Å². The first kappa shape index (κ1) is 16.4. The smallest absolute Gasteiger partial charge is 0.255 e. The Morgan fingerprint density at radius 2 is 2.04 bits per heavy atom. The van der Waals surface area contributed by atoms with E-state index in [1.165, 1.54) is 19.3 Å². The lowest BCUT2D eigenvalue weighted by molar-refractivity contribution is 0.102. The summed E-state index contributed by atoms with van der Waals surface area (Å²) >= 11 is 0. The quantitative estimate of drug-likeness (QED) is 0.832. The summed E-state index contributed by atoms with van der Waals surface area (Å²) in [6.45, 7) is 5.23. The number of carbonyl (C=O) groups is 1. The highest BCUT2D eigenvalue weighted by molar-refractivity contribution is 6.06. The van der Waals surface area contributed by atoms with Crippen LogP contribution in [0.25, 0.3) is 0 Å². The standard InChI is InChI=1S/C20H25N3O/c1-14-6-5-8-16(12-14)20(24)22-18-13-17(21)9-10-19(18)23-11-4-3-7-15(23)2/h5-6,8-10,12-13,15H,3-4,7,11,21H2,1-2H3,(H,22,24)/t15-/m1/s1. The van der Waals surface area contributed by atoms with Crippen molar-refractivity contribution >= 4 is 23.0 Å². The van der Waals surface area contributed by atoms with Gasteiger partial charge in [-0.25, -0.2) is 0 Å². The normalized spacial score (nSPS) is 17.6. The molecule has 1 atom stereocenters. The lowest BCUT2D eigenvalue weighted by Crippen LogP contribution is -2.38. The van der Waals surface area contributed by atoms with E-state index < -0.39 is 0 Å². The molecule has 1 saturated heterocycles. The van der Waals surface area contributed by atoms with Crippen molar-refractivity contribution in [2.45, 2.75) is 39.2 Å². The molecule has 1 amide bonds. The molecular weight excluding hydrogens is 298 g/mol. The Kier molecular flexibility index (Phi) is 4.74. The molecule has 3 N–H and O–H groups in total. The van der Waals surface area contributed by atoms with E-state index in [4.69, 9.17) is 5.73 Å². The molecule has 126 valence electrons. The Morgan fingerprint density at radius 1 is 1.21 bits per heavy atom. The van der Waals surface area contributed by atoms with Gasteiger partial charge in [-0.15, -0.1) is 0 Å². The Hall–Kier alpha value is -2.49. The Balaban J connectivity index is 1.89. The Labute approximate surface area is 143 Å². The summed E-state index contributed by atoms with van der Waals surface area (Å²) in [5, 5.41) is 3.05. The molecular formula is C20H25N3O.